The molecule has 1 aliphatic heterocycles. The number of hydrogen-bond acceptors (Lipinski definition) is 4. The summed E-state index contributed by atoms with van der Waals surface area (Å²) >= 11 is 12.4. The number of nitrogens with two attached hydrogens (primary N) is 1. The number of carbonyl (C=O) groups is 2. The maximum Gasteiger partial charge on any atom is 0.416 e. The molecule has 35 heavy (non-hydrogen) atoms. The van der Waals surface area contributed by atoms with E-state index in [0.29, 0.717) is 18.9 Å². The Morgan fingerprint density at radius 1 is 1.29 bits per heavy atom. The van der Waals surface area contributed by atoms with E-state index in [1.807, 2.05) is 13.8 Å². The number of allylic oxidation sites excluding steroid dienone is 2. The first-order valence-corrected chi connectivity index (χ1v) is 12.2. The van der Waals surface area contributed by atoms with Gasteiger partial charge < -0.3 is 20.6 Å². The number of nitrogens with zero attached hydrogens (tertiary/aromatic N) is 2. The van der Waals surface area contributed by atoms with Gasteiger partial charge in [-0.1, -0.05) is 31.5 Å². The molecule has 1 aromatic rings. The van der Waals surface area contributed by atoms with Gasteiger partial charge in [-0.2, -0.15) is 13.2 Å². The first-order valence-electron chi connectivity index (χ1n) is 11.4. The minimum absolute atomic E-state index is 0.0957. The zero-order valence-electron chi connectivity index (χ0n) is 19.2. The minimum atomic E-state index is -4.98. The fraction of sp³-hybridized carbons (Fsp3) is 0.500. The lowest BCUT2D eigenvalue weighted by Crippen LogP contribution is -2.57. The van der Waals surface area contributed by atoms with Crippen LogP contribution in [0.5, 0.6) is 0 Å². The second kappa shape index (κ2) is 9.10. The molecular weight excluding hydrogens is 506 g/mol. The van der Waals surface area contributed by atoms with E-state index in [9.17, 15) is 27.9 Å². The second-order valence-corrected chi connectivity index (χ2v) is 10.0. The molecule has 3 aliphatic rings. The van der Waals surface area contributed by atoms with Crippen LogP contribution in [0.2, 0.25) is 0 Å². The molecule has 2 amide bonds. The van der Waals surface area contributed by atoms with Crippen LogP contribution in [-0.4, -0.2) is 52.4 Å². The highest BCUT2D eigenvalue weighted by Crippen LogP contribution is 2.55. The predicted octanol–water partition coefficient (Wildman–Crippen LogP) is 4.27. The Balaban J connectivity index is 1.91. The van der Waals surface area contributed by atoms with E-state index in [1.54, 1.807) is 0 Å². The van der Waals surface area contributed by atoms with Gasteiger partial charge >= 0.3 is 6.18 Å². The van der Waals surface area contributed by atoms with Gasteiger partial charge in [0.15, 0.2) is 5.60 Å². The topological polar surface area (TPSA) is 86.9 Å². The van der Waals surface area contributed by atoms with Crippen molar-refractivity contribution in [2.75, 3.05) is 18.0 Å². The molecule has 0 saturated heterocycles. The van der Waals surface area contributed by atoms with Crippen LogP contribution in [-0.2, 0) is 16.6 Å². The summed E-state index contributed by atoms with van der Waals surface area (Å²) in [7, 11) is 0. The van der Waals surface area contributed by atoms with E-state index < -0.39 is 51.7 Å². The lowest BCUT2D eigenvalue weighted by molar-refractivity contribution is -0.142. The Morgan fingerprint density at radius 3 is 2.43 bits per heavy atom. The van der Waals surface area contributed by atoms with Crippen LogP contribution < -0.4 is 10.6 Å². The van der Waals surface area contributed by atoms with Gasteiger partial charge in [-0.15, -0.1) is 11.6 Å². The van der Waals surface area contributed by atoms with Gasteiger partial charge in [0.25, 0.3) is 5.91 Å². The fourth-order valence-corrected chi connectivity index (χ4v) is 5.98. The summed E-state index contributed by atoms with van der Waals surface area (Å²) in [5.41, 5.74) is -0.0413. The van der Waals surface area contributed by atoms with E-state index >= 15 is 0 Å². The van der Waals surface area contributed by atoms with Crippen LogP contribution >= 0.6 is 23.2 Å². The number of rotatable bonds is 6. The van der Waals surface area contributed by atoms with E-state index in [1.165, 1.54) is 17.1 Å². The summed E-state index contributed by atoms with van der Waals surface area (Å²) < 4.78 is 42.8. The van der Waals surface area contributed by atoms with E-state index in [-0.39, 0.29) is 28.8 Å². The molecule has 190 valence electrons. The molecule has 1 fully saturated rings. The van der Waals surface area contributed by atoms with E-state index in [4.69, 9.17) is 28.9 Å². The zero-order valence-corrected chi connectivity index (χ0v) is 20.7. The van der Waals surface area contributed by atoms with E-state index in [2.05, 4.69) is 4.90 Å². The number of anilines is 1. The highest BCUT2D eigenvalue weighted by Gasteiger charge is 2.60. The molecule has 1 saturated carbocycles. The third-order valence-electron chi connectivity index (χ3n) is 7.16. The highest BCUT2D eigenvalue weighted by atomic mass is 35.5. The maximum atomic E-state index is 14.3. The summed E-state index contributed by atoms with van der Waals surface area (Å²) in [5, 5.41) is 11.2. The number of amides is 2. The van der Waals surface area contributed by atoms with Gasteiger partial charge in [0.2, 0.25) is 5.91 Å². The highest BCUT2D eigenvalue weighted by molar-refractivity contribution is 6.34. The smallest absolute Gasteiger partial charge is 0.372 e. The summed E-state index contributed by atoms with van der Waals surface area (Å²) in [5.74, 6) is -2.01. The maximum absolute atomic E-state index is 14.3. The van der Waals surface area contributed by atoms with Gasteiger partial charge in [0.05, 0.1) is 16.6 Å². The summed E-state index contributed by atoms with van der Waals surface area (Å²) in [6, 6.07) is 1.42. The Kier molecular flexibility index (Phi) is 6.76. The van der Waals surface area contributed by atoms with Crippen molar-refractivity contribution >= 4 is 40.7 Å². The first kappa shape index (κ1) is 26.0. The zero-order chi connectivity index (χ0) is 25.9. The lowest BCUT2D eigenvalue weighted by atomic mass is 9.81. The van der Waals surface area contributed by atoms with Crippen LogP contribution in [0.1, 0.15) is 54.6 Å². The summed E-state index contributed by atoms with van der Waals surface area (Å²) in [4.78, 5) is 29.2. The molecular formula is C24H26Cl2F3N3O3. The second-order valence-electron chi connectivity index (χ2n) is 9.05. The monoisotopic (exact) mass is 531 g/mol. The molecule has 1 aromatic carbocycles. The van der Waals surface area contributed by atoms with Crippen LogP contribution in [0.4, 0.5) is 18.9 Å². The third kappa shape index (κ3) is 4.16. The van der Waals surface area contributed by atoms with Gasteiger partial charge in [0, 0.05) is 33.8 Å². The molecule has 0 spiro atoms. The number of halogens is 5. The largest absolute Gasteiger partial charge is 0.416 e. The average molecular weight is 532 g/mol. The quantitative estimate of drug-likeness (QED) is 0.536. The van der Waals surface area contributed by atoms with Crippen molar-refractivity contribution < 1.29 is 27.9 Å². The number of aliphatic hydroxyl groups is 1. The van der Waals surface area contributed by atoms with Gasteiger partial charge in [-0.3, -0.25) is 9.59 Å². The Bertz CT molecular complexity index is 1130. The molecule has 2 unspecified atom stereocenters. The fourth-order valence-electron chi connectivity index (χ4n) is 5.34. The Morgan fingerprint density at radius 2 is 1.91 bits per heavy atom. The number of primary amides is 1. The molecule has 3 N–H and O–H groups in total. The normalized spacial score (nSPS) is 28.5. The standard InChI is InChI=1S/C24H26Cl2F3N3O3/c1-3-31(4-2)14-10-15(11-14)32-19-8-12(21(30)33)7-17(24(27,28)29)20(19)23(35,22(32)34)16-6-5-13(25)9-18(16)26/h6-9,13-15,35H,3-5,10-11H2,1-2H3,(H2,30,33). The minimum Gasteiger partial charge on any atom is -0.372 e. The molecule has 2 aliphatic carbocycles. The number of carbonyl (C=O) groups excluding carboxylic acids is 2. The van der Waals surface area contributed by atoms with Crippen molar-refractivity contribution in [3.8, 4) is 0 Å². The van der Waals surface area contributed by atoms with Gasteiger partial charge in [-0.05, 0) is 50.6 Å². The Hall–Kier alpha value is -2.07. The lowest BCUT2D eigenvalue weighted by Gasteiger charge is -2.46. The number of alkyl halides is 4. The summed E-state index contributed by atoms with van der Waals surface area (Å²) in [6.45, 7) is 5.60. The molecule has 6 nitrogen and oxygen atoms in total. The third-order valence-corrected chi connectivity index (χ3v) is 7.79. The van der Waals surface area contributed by atoms with Crippen molar-refractivity contribution in [2.45, 2.75) is 62.3 Å². The van der Waals surface area contributed by atoms with Crippen LogP contribution in [0.25, 0.3) is 0 Å². The van der Waals surface area contributed by atoms with Crippen LogP contribution in [0.15, 0.2) is 34.9 Å². The molecule has 0 aromatic heterocycles. The van der Waals surface area contributed by atoms with Crippen molar-refractivity contribution in [1.29, 1.82) is 0 Å². The van der Waals surface area contributed by atoms with E-state index in [0.717, 1.165) is 19.2 Å². The average Bonchev–Trinajstić information content (AvgIpc) is 2.96. The van der Waals surface area contributed by atoms with Crippen molar-refractivity contribution in [3.05, 3.63) is 51.6 Å². The van der Waals surface area contributed by atoms with Crippen molar-refractivity contribution in [2.24, 2.45) is 5.73 Å². The molecule has 4 rings (SSSR count). The molecule has 0 radical (unpaired) electrons. The number of hydrogen-bond donors (Lipinski definition) is 2. The number of fused-ring (bicyclic) bond motifs is 1. The molecule has 1 heterocycles. The van der Waals surface area contributed by atoms with Crippen LogP contribution in [0.3, 0.4) is 0 Å². The Labute approximate surface area is 211 Å². The summed E-state index contributed by atoms with van der Waals surface area (Å²) in [6.07, 6.45) is -1.01. The van der Waals surface area contributed by atoms with Crippen LogP contribution in [0, 0.1) is 0 Å². The molecule has 11 heteroatoms. The SMILES string of the molecule is CCN(CC)C1CC(N2C(=O)C(O)(C3=CCC(Cl)C=C3Cl)c3c2cc(C(N)=O)cc3C(F)(F)F)C1. The first-order chi connectivity index (χ1) is 16.3. The van der Waals surface area contributed by atoms with Crippen molar-refractivity contribution in [3.63, 3.8) is 0 Å². The number of benzene rings is 1. The van der Waals surface area contributed by atoms with Gasteiger partial charge in [-0.25, -0.2) is 0 Å². The van der Waals surface area contributed by atoms with Gasteiger partial charge in [0.1, 0.15) is 0 Å². The predicted molar refractivity (Wildman–Crippen MR) is 127 cm³/mol. The molecule has 0 bridgehead atoms. The van der Waals surface area contributed by atoms with Crippen molar-refractivity contribution in [1.82, 2.24) is 4.90 Å². The molecule has 2 atom stereocenters.